The quantitative estimate of drug-likeness (QED) is 0.769. The molecule has 2 aromatic rings. The fraction of sp³-hybridized carbons (Fsp3) is 0.429. The van der Waals surface area contributed by atoms with Crippen molar-refractivity contribution >= 4 is 17.4 Å². The summed E-state index contributed by atoms with van der Waals surface area (Å²) in [4.78, 5) is 12.8. The molecule has 0 bridgehead atoms. The molecular weight excluding hydrogens is 272 g/mol. The number of carbonyl (C=O) groups excluding carboxylic acids is 1. The van der Waals surface area contributed by atoms with Gasteiger partial charge in [0.1, 0.15) is 0 Å². The highest BCUT2D eigenvalue weighted by Crippen LogP contribution is 2.07. The van der Waals surface area contributed by atoms with Crippen molar-refractivity contribution in [3.8, 4) is 0 Å². The number of amides is 2. The van der Waals surface area contributed by atoms with Crippen LogP contribution in [-0.4, -0.2) is 28.9 Å². The molecule has 0 spiro atoms. The van der Waals surface area contributed by atoms with E-state index in [1.54, 1.807) is 11.3 Å². The van der Waals surface area contributed by atoms with Crippen LogP contribution >= 0.6 is 11.3 Å². The number of nitrogens with zero attached hydrogens (tertiary/aromatic N) is 2. The third-order valence-corrected chi connectivity index (χ3v) is 3.79. The monoisotopic (exact) mass is 292 g/mol. The molecule has 2 aromatic heterocycles. The van der Waals surface area contributed by atoms with Gasteiger partial charge in [-0.2, -0.15) is 5.10 Å². The average Bonchev–Trinajstić information content (AvgIpc) is 3.06. The van der Waals surface area contributed by atoms with Crippen LogP contribution in [0.15, 0.2) is 29.9 Å². The topological polar surface area (TPSA) is 59.0 Å². The van der Waals surface area contributed by atoms with Crippen LogP contribution in [0.3, 0.4) is 0 Å². The lowest BCUT2D eigenvalue weighted by Crippen LogP contribution is -2.37. The van der Waals surface area contributed by atoms with Crippen LogP contribution in [-0.2, 0) is 13.0 Å². The minimum Gasteiger partial charge on any atom is -0.338 e. The number of aromatic nitrogens is 2. The van der Waals surface area contributed by atoms with Crippen molar-refractivity contribution in [3.63, 3.8) is 0 Å². The SMILES string of the molecule is Cc1cnn(CCCNC(=O)NCCc2cccs2)c1. The lowest BCUT2D eigenvalue weighted by Gasteiger charge is -2.07. The van der Waals surface area contributed by atoms with E-state index in [9.17, 15) is 4.79 Å². The summed E-state index contributed by atoms with van der Waals surface area (Å²) in [6, 6.07) is 4.01. The van der Waals surface area contributed by atoms with Gasteiger partial charge in [-0.05, 0) is 36.8 Å². The first-order chi connectivity index (χ1) is 9.74. The smallest absolute Gasteiger partial charge is 0.314 e. The Labute approximate surface area is 123 Å². The molecule has 0 aliphatic rings. The predicted octanol–water partition coefficient (Wildman–Crippen LogP) is 2.19. The standard InChI is InChI=1S/C14H20N4OS/c1-12-10-17-18(11-12)8-3-6-15-14(19)16-7-5-13-4-2-9-20-13/h2,4,9-11H,3,5-8H2,1H3,(H2,15,16,19). The van der Waals surface area contributed by atoms with E-state index in [4.69, 9.17) is 0 Å². The second kappa shape index (κ2) is 7.69. The van der Waals surface area contributed by atoms with E-state index >= 15 is 0 Å². The summed E-state index contributed by atoms with van der Waals surface area (Å²) < 4.78 is 1.89. The minimum atomic E-state index is -0.0989. The molecule has 0 unspecified atom stereocenters. The Morgan fingerprint density at radius 3 is 2.95 bits per heavy atom. The van der Waals surface area contributed by atoms with E-state index in [0.29, 0.717) is 13.1 Å². The Hall–Kier alpha value is -1.82. The Balaban J connectivity index is 1.51. The Kier molecular flexibility index (Phi) is 5.61. The van der Waals surface area contributed by atoms with Crippen LogP contribution in [0.1, 0.15) is 16.9 Å². The van der Waals surface area contributed by atoms with Crippen molar-refractivity contribution in [1.29, 1.82) is 0 Å². The number of carbonyl (C=O) groups is 1. The summed E-state index contributed by atoms with van der Waals surface area (Å²) in [5.41, 5.74) is 1.16. The molecule has 0 atom stereocenters. The summed E-state index contributed by atoms with van der Waals surface area (Å²) in [6.45, 7) is 4.17. The average molecular weight is 292 g/mol. The first-order valence-electron chi connectivity index (χ1n) is 6.77. The molecule has 0 aliphatic heterocycles. The maximum Gasteiger partial charge on any atom is 0.314 e. The number of urea groups is 1. The van der Waals surface area contributed by atoms with Crippen molar-refractivity contribution in [2.45, 2.75) is 26.3 Å². The molecule has 0 saturated heterocycles. The number of aryl methyl sites for hydroxylation is 2. The summed E-state index contributed by atoms with van der Waals surface area (Å²) in [6.07, 6.45) is 5.60. The Morgan fingerprint density at radius 2 is 2.25 bits per heavy atom. The molecule has 2 amide bonds. The third-order valence-electron chi connectivity index (χ3n) is 2.85. The van der Waals surface area contributed by atoms with E-state index in [-0.39, 0.29) is 6.03 Å². The van der Waals surface area contributed by atoms with Gasteiger partial charge in [-0.25, -0.2) is 4.79 Å². The van der Waals surface area contributed by atoms with E-state index < -0.39 is 0 Å². The Bertz CT molecular complexity index is 521. The van der Waals surface area contributed by atoms with Crippen LogP contribution in [0.4, 0.5) is 4.79 Å². The second-order valence-electron chi connectivity index (χ2n) is 4.65. The van der Waals surface area contributed by atoms with Gasteiger partial charge in [-0.1, -0.05) is 6.07 Å². The maximum atomic E-state index is 11.5. The summed E-state index contributed by atoms with van der Waals surface area (Å²) in [7, 11) is 0. The molecule has 20 heavy (non-hydrogen) atoms. The van der Waals surface area contributed by atoms with Gasteiger partial charge in [0.2, 0.25) is 0 Å². The van der Waals surface area contributed by atoms with Gasteiger partial charge in [0.25, 0.3) is 0 Å². The fourth-order valence-corrected chi connectivity index (χ4v) is 2.56. The lowest BCUT2D eigenvalue weighted by atomic mass is 10.3. The third kappa shape index (κ3) is 5.05. The van der Waals surface area contributed by atoms with E-state index in [2.05, 4.69) is 21.8 Å². The lowest BCUT2D eigenvalue weighted by molar-refractivity contribution is 0.240. The van der Waals surface area contributed by atoms with Crippen LogP contribution in [0.25, 0.3) is 0 Å². The Morgan fingerprint density at radius 1 is 1.40 bits per heavy atom. The number of rotatable bonds is 7. The van der Waals surface area contributed by atoms with E-state index in [1.165, 1.54) is 4.88 Å². The van der Waals surface area contributed by atoms with Crippen molar-refractivity contribution in [1.82, 2.24) is 20.4 Å². The fourth-order valence-electron chi connectivity index (χ4n) is 1.85. The molecule has 0 radical (unpaired) electrons. The van der Waals surface area contributed by atoms with Crippen LogP contribution in [0, 0.1) is 6.92 Å². The molecule has 2 rings (SSSR count). The molecule has 5 nitrogen and oxygen atoms in total. The molecule has 2 N–H and O–H groups in total. The molecular formula is C14H20N4OS. The van der Waals surface area contributed by atoms with Crippen LogP contribution in [0.5, 0.6) is 0 Å². The molecule has 6 heteroatoms. The normalized spacial score (nSPS) is 10.4. The number of hydrogen-bond donors (Lipinski definition) is 2. The number of thiophene rings is 1. The second-order valence-corrected chi connectivity index (χ2v) is 5.68. The van der Waals surface area contributed by atoms with Gasteiger partial charge in [-0.15, -0.1) is 11.3 Å². The maximum absolute atomic E-state index is 11.5. The van der Waals surface area contributed by atoms with Gasteiger partial charge >= 0.3 is 6.03 Å². The molecule has 2 heterocycles. The summed E-state index contributed by atoms with van der Waals surface area (Å²) in [5.74, 6) is 0. The first kappa shape index (κ1) is 14.6. The van der Waals surface area contributed by atoms with Crippen LogP contribution < -0.4 is 10.6 Å². The highest BCUT2D eigenvalue weighted by atomic mass is 32.1. The number of hydrogen-bond acceptors (Lipinski definition) is 3. The molecule has 108 valence electrons. The highest BCUT2D eigenvalue weighted by molar-refractivity contribution is 7.09. The highest BCUT2D eigenvalue weighted by Gasteiger charge is 2.00. The summed E-state index contributed by atoms with van der Waals surface area (Å²) in [5, 5.41) is 12.0. The zero-order chi connectivity index (χ0) is 14.2. The minimum absolute atomic E-state index is 0.0989. The zero-order valence-corrected chi connectivity index (χ0v) is 12.4. The van der Waals surface area contributed by atoms with Crippen LogP contribution in [0.2, 0.25) is 0 Å². The summed E-state index contributed by atoms with van der Waals surface area (Å²) >= 11 is 1.71. The first-order valence-corrected chi connectivity index (χ1v) is 7.65. The van der Waals surface area contributed by atoms with Gasteiger partial charge < -0.3 is 10.6 Å². The van der Waals surface area contributed by atoms with Crippen molar-refractivity contribution in [2.75, 3.05) is 13.1 Å². The predicted molar refractivity (Wildman–Crippen MR) is 81.0 cm³/mol. The molecule has 0 aliphatic carbocycles. The van der Waals surface area contributed by atoms with Gasteiger partial charge in [0.15, 0.2) is 0 Å². The van der Waals surface area contributed by atoms with E-state index in [0.717, 1.165) is 24.9 Å². The van der Waals surface area contributed by atoms with Gasteiger partial charge in [-0.3, -0.25) is 4.68 Å². The van der Waals surface area contributed by atoms with Crippen molar-refractivity contribution < 1.29 is 4.79 Å². The van der Waals surface area contributed by atoms with Gasteiger partial charge in [0.05, 0.1) is 6.20 Å². The zero-order valence-electron chi connectivity index (χ0n) is 11.6. The molecule has 0 fully saturated rings. The molecule has 0 aromatic carbocycles. The van der Waals surface area contributed by atoms with E-state index in [1.807, 2.05) is 35.4 Å². The van der Waals surface area contributed by atoms with Crippen molar-refractivity contribution in [2.24, 2.45) is 0 Å². The number of nitrogens with one attached hydrogen (secondary N) is 2. The van der Waals surface area contributed by atoms with Gasteiger partial charge in [0, 0.05) is 30.7 Å². The molecule has 0 saturated carbocycles. The largest absolute Gasteiger partial charge is 0.338 e. The van der Waals surface area contributed by atoms with Crippen molar-refractivity contribution in [3.05, 3.63) is 40.3 Å².